The fourth-order valence-corrected chi connectivity index (χ4v) is 3.56. The standard InChI is InChI=1S/C23H22F3N5O3/c1-13(19-12-31(8-9-33-19)23(32)21(25)26)34-22-20-17(27-6-7-28-20)11-16(29-22)14-4-5-18(30(2)3)15(24)10-14/h4-7,10-11,19,21H,1,8-9,12H2,2-3H3/t19-/m0/s1. The highest BCUT2D eigenvalue weighted by Crippen LogP contribution is 2.31. The van der Waals surface area contributed by atoms with Crippen molar-refractivity contribution in [2.75, 3.05) is 38.7 Å². The van der Waals surface area contributed by atoms with E-state index in [-0.39, 0.29) is 31.3 Å². The van der Waals surface area contributed by atoms with Crippen LogP contribution in [0.4, 0.5) is 18.9 Å². The number of carbonyl (C=O) groups excluding carboxylic acids is 1. The number of aromatic nitrogens is 3. The van der Waals surface area contributed by atoms with E-state index in [2.05, 4.69) is 21.5 Å². The number of morpholine rings is 1. The van der Waals surface area contributed by atoms with Crippen LogP contribution in [-0.4, -0.2) is 72.1 Å². The van der Waals surface area contributed by atoms with Crippen molar-refractivity contribution < 1.29 is 27.4 Å². The van der Waals surface area contributed by atoms with E-state index < -0.39 is 24.3 Å². The summed E-state index contributed by atoms with van der Waals surface area (Å²) in [5.41, 5.74) is 2.08. The average Bonchev–Trinajstić information content (AvgIpc) is 2.83. The third-order valence-electron chi connectivity index (χ3n) is 5.30. The van der Waals surface area contributed by atoms with Gasteiger partial charge in [0, 0.05) is 38.6 Å². The van der Waals surface area contributed by atoms with Crippen LogP contribution in [0.2, 0.25) is 0 Å². The summed E-state index contributed by atoms with van der Waals surface area (Å²) in [5, 5.41) is 0. The number of amides is 1. The van der Waals surface area contributed by atoms with Gasteiger partial charge in [-0.2, -0.15) is 8.78 Å². The maximum absolute atomic E-state index is 14.6. The highest BCUT2D eigenvalue weighted by molar-refractivity contribution is 5.83. The van der Waals surface area contributed by atoms with Crippen LogP contribution < -0.4 is 9.64 Å². The van der Waals surface area contributed by atoms with Gasteiger partial charge >= 0.3 is 6.43 Å². The molecular weight excluding hydrogens is 451 g/mol. The predicted molar refractivity (Wildman–Crippen MR) is 119 cm³/mol. The van der Waals surface area contributed by atoms with E-state index in [1.165, 1.54) is 18.5 Å². The number of hydrogen-bond donors (Lipinski definition) is 0. The molecule has 1 saturated heterocycles. The van der Waals surface area contributed by atoms with Gasteiger partial charge in [-0.1, -0.05) is 12.6 Å². The van der Waals surface area contributed by atoms with E-state index in [1.807, 2.05) is 0 Å². The molecule has 34 heavy (non-hydrogen) atoms. The topological polar surface area (TPSA) is 80.7 Å². The third-order valence-corrected chi connectivity index (χ3v) is 5.30. The van der Waals surface area contributed by atoms with E-state index in [4.69, 9.17) is 9.47 Å². The molecule has 8 nitrogen and oxygen atoms in total. The van der Waals surface area contributed by atoms with Crippen molar-refractivity contribution in [3.05, 3.63) is 54.8 Å². The molecule has 1 aliphatic heterocycles. The minimum absolute atomic E-state index is 0.0450. The van der Waals surface area contributed by atoms with E-state index in [0.29, 0.717) is 28.0 Å². The van der Waals surface area contributed by atoms with Gasteiger partial charge in [-0.15, -0.1) is 0 Å². The molecule has 0 radical (unpaired) electrons. The summed E-state index contributed by atoms with van der Waals surface area (Å²) in [6.45, 7) is 3.80. The second kappa shape index (κ2) is 9.64. The van der Waals surface area contributed by atoms with Gasteiger partial charge < -0.3 is 19.3 Å². The van der Waals surface area contributed by atoms with Crippen molar-refractivity contribution in [1.82, 2.24) is 19.9 Å². The van der Waals surface area contributed by atoms with Gasteiger partial charge in [0.2, 0.25) is 5.88 Å². The molecule has 11 heteroatoms. The summed E-state index contributed by atoms with van der Waals surface area (Å²) in [6.07, 6.45) is -0.987. The molecule has 0 bridgehead atoms. The molecule has 0 aliphatic carbocycles. The van der Waals surface area contributed by atoms with Crippen molar-refractivity contribution in [2.45, 2.75) is 12.5 Å². The lowest BCUT2D eigenvalue weighted by Gasteiger charge is -2.33. The van der Waals surface area contributed by atoms with Gasteiger partial charge in [-0.25, -0.2) is 14.4 Å². The largest absolute Gasteiger partial charge is 0.439 e. The Morgan fingerprint density at radius 3 is 2.74 bits per heavy atom. The second-order valence-electron chi connectivity index (χ2n) is 7.81. The number of alkyl halides is 2. The lowest BCUT2D eigenvalue weighted by atomic mass is 10.1. The van der Waals surface area contributed by atoms with Crippen LogP contribution in [0.15, 0.2) is 49.0 Å². The number of halogens is 3. The Bertz CT molecular complexity index is 1240. The van der Waals surface area contributed by atoms with Gasteiger partial charge in [0.25, 0.3) is 5.91 Å². The second-order valence-corrected chi connectivity index (χ2v) is 7.81. The summed E-state index contributed by atoms with van der Waals surface area (Å²) in [4.78, 5) is 27.4. The first-order chi connectivity index (χ1) is 16.2. The minimum atomic E-state index is -3.11. The summed E-state index contributed by atoms with van der Waals surface area (Å²) < 4.78 is 51.6. The first kappa shape index (κ1) is 23.4. The molecule has 1 fully saturated rings. The summed E-state index contributed by atoms with van der Waals surface area (Å²) in [5.74, 6) is -1.59. The van der Waals surface area contributed by atoms with Gasteiger partial charge in [0.15, 0.2) is 5.52 Å². The lowest BCUT2D eigenvalue weighted by Crippen LogP contribution is -2.48. The Balaban J connectivity index is 1.64. The number of nitrogens with zero attached hydrogens (tertiary/aromatic N) is 5. The molecule has 1 aromatic carbocycles. The number of rotatable bonds is 6. The molecule has 1 amide bonds. The normalized spacial score (nSPS) is 16.1. The van der Waals surface area contributed by atoms with Gasteiger partial charge in [0.05, 0.1) is 30.0 Å². The third kappa shape index (κ3) is 4.79. The van der Waals surface area contributed by atoms with Crippen LogP contribution in [0.25, 0.3) is 22.3 Å². The molecule has 0 spiro atoms. The fraction of sp³-hybridized carbons (Fsp3) is 0.304. The van der Waals surface area contributed by atoms with Crippen molar-refractivity contribution in [2.24, 2.45) is 0 Å². The van der Waals surface area contributed by atoms with E-state index in [1.54, 1.807) is 37.2 Å². The van der Waals surface area contributed by atoms with Gasteiger partial charge in [0.1, 0.15) is 17.7 Å². The molecule has 0 unspecified atom stereocenters. The zero-order valence-electron chi connectivity index (χ0n) is 18.5. The molecule has 1 aliphatic rings. The molecule has 0 N–H and O–H groups in total. The number of ether oxygens (including phenoxy) is 2. The maximum Gasteiger partial charge on any atom is 0.315 e. The monoisotopic (exact) mass is 473 g/mol. The van der Waals surface area contributed by atoms with Crippen molar-refractivity contribution in [1.29, 1.82) is 0 Å². The SMILES string of the molecule is C=C(Oc1nc(-c2ccc(N(C)C)c(F)c2)cc2nccnc12)[C@@H]1CN(C(=O)C(F)F)CCO1. The number of benzene rings is 1. The Kier molecular flexibility index (Phi) is 6.64. The number of carbonyl (C=O) groups is 1. The smallest absolute Gasteiger partial charge is 0.315 e. The first-order valence-electron chi connectivity index (χ1n) is 10.4. The van der Waals surface area contributed by atoms with Crippen LogP contribution in [0.3, 0.4) is 0 Å². The molecule has 178 valence electrons. The fourth-order valence-electron chi connectivity index (χ4n) is 3.56. The Labute approximate surface area is 193 Å². The van der Waals surface area contributed by atoms with Gasteiger partial charge in [-0.05, 0) is 18.2 Å². The number of hydrogen-bond acceptors (Lipinski definition) is 7. The van der Waals surface area contributed by atoms with E-state index >= 15 is 0 Å². The van der Waals surface area contributed by atoms with Crippen molar-refractivity contribution in [3.63, 3.8) is 0 Å². The summed E-state index contributed by atoms with van der Waals surface area (Å²) in [7, 11) is 3.48. The van der Waals surface area contributed by atoms with E-state index in [9.17, 15) is 18.0 Å². The minimum Gasteiger partial charge on any atom is -0.439 e. The van der Waals surface area contributed by atoms with Crippen LogP contribution in [0, 0.1) is 5.82 Å². The van der Waals surface area contributed by atoms with Gasteiger partial charge in [-0.3, -0.25) is 9.78 Å². The van der Waals surface area contributed by atoms with Crippen molar-refractivity contribution in [3.8, 4) is 17.1 Å². The zero-order chi connectivity index (χ0) is 24.4. The maximum atomic E-state index is 14.6. The Morgan fingerprint density at radius 1 is 1.26 bits per heavy atom. The molecule has 2 aromatic heterocycles. The quantitative estimate of drug-likeness (QED) is 0.509. The van der Waals surface area contributed by atoms with Crippen LogP contribution in [-0.2, 0) is 9.53 Å². The highest BCUT2D eigenvalue weighted by Gasteiger charge is 2.31. The summed E-state index contributed by atoms with van der Waals surface area (Å²) >= 11 is 0. The first-order valence-corrected chi connectivity index (χ1v) is 10.4. The molecule has 3 aromatic rings. The molecule has 3 heterocycles. The lowest BCUT2D eigenvalue weighted by molar-refractivity contribution is -0.149. The van der Waals surface area contributed by atoms with E-state index in [0.717, 1.165) is 4.90 Å². The molecule has 0 saturated carbocycles. The predicted octanol–water partition coefficient (Wildman–Crippen LogP) is 3.28. The van der Waals surface area contributed by atoms with Crippen LogP contribution in [0.1, 0.15) is 0 Å². The average molecular weight is 473 g/mol. The Hall–Kier alpha value is -3.73. The Morgan fingerprint density at radius 2 is 2.03 bits per heavy atom. The zero-order valence-corrected chi connectivity index (χ0v) is 18.5. The summed E-state index contributed by atoms with van der Waals surface area (Å²) in [6, 6.07) is 6.37. The highest BCUT2D eigenvalue weighted by atomic mass is 19.3. The number of anilines is 1. The molecule has 4 rings (SSSR count). The number of fused-ring (bicyclic) bond motifs is 1. The number of pyridine rings is 1. The molecule has 1 atom stereocenters. The van der Waals surface area contributed by atoms with Crippen LogP contribution >= 0.6 is 0 Å². The van der Waals surface area contributed by atoms with Crippen LogP contribution in [0.5, 0.6) is 5.88 Å². The molecular formula is C23H22F3N5O3. The van der Waals surface area contributed by atoms with Crippen molar-refractivity contribution >= 4 is 22.6 Å².